The molecule has 2 N–H and O–H groups in total. The summed E-state index contributed by atoms with van der Waals surface area (Å²) in [7, 11) is 1.69. The maximum Gasteiger partial charge on any atom is 0.255 e. The number of nitrogens with two attached hydrogens (primary N) is 1. The van der Waals surface area contributed by atoms with Crippen LogP contribution in [0.15, 0.2) is 48.5 Å². The van der Waals surface area contributed by atoms with Crippen molar-refractivity contribution in [2.75, 3.05) is 38.3 Å². The van der Waals surface area contributed by atoms with Crippen molar-refractivity contribution in [3.05, 3.63) is 54.1 Å². The zero-order valence-electron chi connectivity index (χ0n) is 16.9. The number of amides is 1. The number of benzene rings is 2. The van der Waals surface area contributed by atoms with Crippen LogP contribution in [0.3, 0.4) is 0 Å². The van der Waals surface area contributed by atoms with Crippen LogP contribution in [0.2, 0.25) is 0 Å². The van der Waals surface area contributed by atoms with Crippen molar-refractivity contribution in [1.29, 1.82) is 0 Å². The van der Waals surface area contributed by atoms with Crippen LogP contribution in [-0.4, -0.2) is 49.7 Å². The third-order valence-corrected chi connectivity index (χ3v) is 5.05. The second-order valence-corrected chi connectivity index (χ2v) is 7.78. The second-order valence-electron chi connectivity index (χ2n) is 7.78. The van der Waals surface area contributed by atoms with Crippen LogP contribution in [0.25, 0.3) is 0 Å². The van der Waals surface area contributed by atoms with Gasteiger partial charge in [-0.1, -0.05) is 12.1 Å². The summed E-state index contributed by atoms with van der Waals surface area (Å²) < 4.78 is 10.7. The van der Waals surface area contributed by atoms with Crippen molar-refractivity contribution in [3.63, 3.8) is 0 Å². The van der Waals surface area contributed by atoms with E-state index in [4.69, 9.17) is 15.2 Å². The Morgan fingerprint density at radius 1 is 1.11 bits per heavy atom. The maximum absolute atomic E-state index is 10.9. The molecule has 0 bridgehead atoms. The van der Waals surface area contributed by atoms with Crippen LogP contribution in [0, 0.1) is 0 Å². The first-order valence-electron chi connectivity index (χ1n) is 9.51. The van der Waals surface area contributed by atoms with E-state index in [0.717, 1.165) is 37.5 Å². The molecule has 28 heavy (non-hydrogen) atoms. The Labute approximate surface area is 166 Å². The minimum atomic E-state index is -0.471. The van der Waals surface area contributed by atoms with E-state index in [9.17, 15) is 4.79 Å². The fourth-order valence-electron chi connectivity index (χ4n) is 3.78. The van der Waals surface area contributed by atoms with Gasteiger partial charge in [0.2, 0.25) is 0 Å². The van der Waals surface area contributed by atoms with Crippen LogP contribution in [-0.2, 0) is 11.3 Å². The molecule has 0 spiro atoms. The van der Waals surface area contributed by atoms with Crippen LogP contribution in [0.4, 0.5) is 5.69 Å². The molecule has 0 radical (unpaired) electrons. The van der Waals surface area contributed by atoms with Crippen molar-refractivity contribution in [1.82, 2.24) is 4.90 Å². The number of nitrogens with zero attached hydrogens (tertiary/aromatic N) is 2. The van der Waals surface area contributed by atoms with Gasteiger partial charge in [0.1, 0.15) is 11.5 Å². The van der Waals surface area contributed by atoms with Gasteiger partial charge in [0.05, 0.1) is 7.11 Å². The Hall–Kier alpha value is -2.73. The number of rotatable bonds is 7. The van der Waals surface area contributed by atoms with E-state index in [2.05, 4.69) is 41.8 Å². The number of carbonyl (C=O) groups excluding carboxylic acids is 1. The lowest BCUT2D eigenvalue weighted by Gasteiger charge is -2.48. The number of hydrogen-bond donors (Lipinski definition) is 1. The molecule has 6 nitrogen and oxygen atoms in total. The van der Waals surface area contributed by atoms with Gasteiger partial charge in [-0.2, -0.15) is 0 Å². The predicted molar refractivity (Wildman–Crippen MR) is 111 cm³/mol. The van der Waals surface area contributed by atoms with Gasteiger partial charge in [-0.3, -0.25) is 9.69 Å². The average Bonchev–Trinajstić information content (AvgIpc) is 2.66. The summed E-state index contributed by atoms with van der Waals surface area (Å²) in [6.45, 7) is 8.17. The molecule has 1 saturated heterocycles. The molecule has 6 heteroatoms. The third kappa shape index (κ3) is 4.95. The van der Waals surface area contributed by atoms with Crippen LogP contribution in [0.5, 0.6) is 11.5 Å². The third-order valence-electron chi connectivity index (χ3n) is 5.05. The first-order chi connectivity index (χ1) is 13.4. The number of piperazine rings is 1. The topological polar surface area (TPSA) is 68.0 Å². The fourth-order valence-corrected chi connectivity index (χ4v) is 3.78. The van der Waals surface area contributed by atoms with E-state index in [1.165, 1.54) is 5.69 Å². The number of hydrogen-bond acceptors (Lipinski definition) is 5. The zero-order valence-corrected chi connectivity index (χ0v) is 16.9. The Bertz CT molecular complexity index is 805. The van der Waals surface area contributed by atoms with Gasteiger partial charge in [-0.15, -0.1) is 0 Å². The molecule has 0 saturated carbocycles. The number of carbonyl (C=O) groups is 1. The predicted octanol–water partition coefficient (Wildman–Crippen LogP) is 2.66. The van der Waals surface area contributed by atoms with E-state index in [-0.39, 0.29) is 12.1 Å². The first kappa shape index (κ1) is 20.0. The number of anilines is 1. The summed E-state index contributed by atoms with van der Waals surface area (Å²) in [6, 6.07) is 16.1. The molecular weight excluding hydrogens is 354 g/mol. The highest BCUT2D eigenvalue weighted by Gasteiger charge is 2.33. The minimum absolute atomic E-state index is 0.00686. The number of methoxy groups -OCH3 is 1. The molecule has 2 aromatic rings. The lowest BCUT2D eigenvalue weighted by Crippen LogP contribution is -2.59. The van der Waals surface area contributed by atoms with Crippen LogP contribution >= 0.6 is 0 Å². The number of ether oxygens (including phenoxy) is 2. The second kappa shape index (κ2) is 8.52. The molecular formula is C22H29N3O3. The lowest BCUT2D eigenvalue weighted by atomic mass is 9.97. The highest BCUT2D eigenvalue weighted by Crippen LogP contribution is 2.30. The van der Waals surface area contributed by atoms with E-state index in [1.54, 1.807) is 7.11 Å². The van der Waals surface area contributed by atoms with E-state index in [1.807, 2.05) is 30.3 Å². The van der Waals surface area contributed by atoms with E-state index >= 15 is 0 Å². The Morgan fingerprint density at radius 3 is 2.50 bits per heavy atom. The zero-order chi connectivity index (χ0) is 20.1. The molecule has 1 amide bonds. The Balaban J connectivity index is 1.64. The van der Waals surface area contributed by atoms with Crippen molar-refractivity contribution >= 4 is 11.6 Å². The fraction of sp³-hybridized carbons (Fsp3) is 0.409. The minimum Gasteiger partial charge on any atom is -0.497 e. The molecule has 0 aromatic heterocycles. The largest absolute Gasteiger partial charge is 0.497 e. The summed E-state index contributed by atoms with van der Waals surface area (Å²) in [5.41, 5.74) is 7.54. The van der Waals surface area contributed by atoms with Gasteiger partial charge < -0.3 is 20.1 Å². The summed E-state index contributed by atoms with van der Waals surface area (Å²) in [6.07, 6.45) is 0. The van der Waals surface area contributed by atoms with Crippen molar-refractivity contribution < 1.29 is 14.3 Å². The number of primary amides is 1. The monoisotopic (exact) mass is 383 g/mol. The molecule has 1 fully saturated rings. The Morgan fingerprint density at radius 2 is 1.86 bits per heavy atom. The SMILES string of the molecule is COc1ccc(N2CCN(Cc3cccc(OCC(N)=O)c3)CC2(C)C)cc1. The first-order valence-corrected chi connectivity index (χ1v) is 9.51. The molecule has 150 valence electrons. The standard InChI is InChI=1S/C22H29N3O3/c1-22(2)16-24(11-12-25(22)18-7-9-19(27-3)10-8-18)14-17-5-4-6-20(13-17)28-15-21(23)26/h4-10,13H,11-12,14-16H2,1-3H3,(H2,23,26). The molecule has 1 aliphatic rings. The molecule has 0 unspecified atom stereocenters. The quantitative estimate of drug-likeness (QED) is 0.796. The van der Waals surface area contributed by atoms with Crippen molar-refractivity contribution in [2.24, 2.45) is 5.73 Å². The van der Waals surface area contributed by atoms with Crippen molar-refractivity contribution in [2.45, 2.75) is 25.9 Å². The average molecular weight is 383 g/mol. The summed E-state index contributed by atoms with van der Waals surface area (Å²) in [5.74, 6) is 1.08. The van der Waals surface area contributed by atoms with Gasteiger partial charge in [-0.05, 0) is 55.8 Å². The van der Waals surface area contributed by atoms with Gasteiger partial charge in [0.25, 0.3) is 5.91 Å². The van der Waals surface area contributed by atoms with E-state index in [0.29, 0.717) is 5.75 Å². The molecule has 2 aromatic carbocycles. The molecule has 0 atom stereocenters. The smallest absolute Gasteiger partial charge is 0.255 e. The van der Waals surface area contributed by atoms with Gasteiger partial charge in [0, 0.05) is 37.4 Å². The molecule has 0 aliphatic carbocycles. The van der Waals surface area contributed by atoms with E-state index < -0.39 is 5.91 Å². The molecule has 1 heterocycles. The van der Waals surface area contributed by atoms with Crippen molar-refractivity contribution in [3.8, 4) is 11.5 Å². The van der Waals surface area contributed by atoms with Gasteiger partial charge in [-0.25, -0.2) is 0 Å². The summed E-state index contributed by atoms with van der Waals surface area (Å²) >= 11 is 0. The highest BCUT2D eigenvalue weighted by molar-refractivity contribution is 5.75. The highest BCUT2D eigenvalue weighted by atomic mass is 16.5. The maximum atomic E-state index is 10.9. The summed E-state index contributed by atoms with van der Waals surface area (Å²) in [4.78, 5) is 15.8. The Kier molecular flexibility index (Phi) is 6.09. The van der Waals surface area contributed by atoms with Crippen LogP contribution in [0.1, 0.15) is 19.4 Å². The van der Waals surface area contributed by atoms with Gasteiger partial charge >= 0.3 is 0 Å². The normalized spacial score (nSPS) is 16.6. The summed E-state index contributed by atoms with van der Waals surface area (Å²) in [5, 5.41) is 0. The molecule has 1 aliphatic heterocycles. The lowest BCUT2D eigenvalue weighted by molar-refractivity contribution is -0.119. The van der Waals surface area contributed by atoms with Crippen LogP contribution < -0.4 is 20.1 Å². The van der Waals surface area contributed by atoms with Gasteiger partial charge in [0.15, 0.2) is 6.61 Å². The molecule has 3 rings (SSSR count).